The number of aryl methyl sites for hydroxylation is 1. The van der Waals surface area contributed by atoms with Gasteiger partial charge in [-0.25, -0.2) is 0 Å². The number of rotatable bonds is 3. The van der Waals surface area contributed by atoms with Gasteiger partial charge in [0, 0.05) is 43.9 Å². The van der Waals surface area contributed by atoms with Crippen LogP contribution in [0.1, 0.15) is 25.8 Å². The molecule has 0 aliphatic carbocycles. The van der Waals surface area contributed by atoms with Gasteiger partial charge < -0.3 is 4.74 Å². The fraction of sp³-hybridized carbons (Fsp3) is 0.769. The Labute approximate surface area is 103 Å². The minimum absolute atomic E-state index is 0.468. The van der Waals surface area contributed by atoms with Gasteiger partial charge in [-0.1, -0.05) is 0 Å². The summed E-state index contributed by atoms with van der Waals surface area (Å²) >= 11 is 0. The molecule has 0 unspecified atom stereocenters. The van der Waals surface area contributed by atoms with E-state index < -0.39 is 0 Å². The molecule has 0 amide bonds. The fourth-order valence-corrected chi connectivity index (χ4v) is 3.14. The molecule has 4 heteroatoms. The van der Waals surface area contributed by atoms with Gasteiger partial charge in [-0.3, -0.25) is 9.58 Å². The Kier molecular flexibility index (Phi) is 2.92. The van der Waals surface area contributed by atoms with E-state index in [4.69, 9.17) is 4.74 Å². The van der Waals surface area contributed by atoms with Gasteiger partial charge in [0.25, 0.3) is 0 Å². The highest BCUT2D eigenvalue weighted by atomic mass is 16.5. The maximum atomic E-state index is 5.92. The van der Waals surface area contributed by atoms with Crippen LogP contribution in [-0.2, 0) is 17.8 Å². The molecule has 0 N–H and O–H groups in total. The second-order valence-corrected chi connectivity index (χ2v) is 5.38. The summed E-state index contributed by atoms with van der Waals surface area (Å²) in [5, 5.41) is 4.32. The molecule has 3 rings (SSSR count). The lowest BCUT2D eigenvalue weighted by Crippen LogP contribution is -2.23. The molecule has 94 valence electrons. The quantitative estimate of drug-likeness (QED) is 0.795. The third-order valence-electron chi connectivity index (χ3n) is 3.92. The van der Waals surface area contributed by atoms with Crippen LogP contribution in [0.2, 0.25) is 0 Å². The molecule has 4 nitrogen and oxygen atoms in total. The summed E-state index contributed by atoms with van der Waals surface area (Å²) in [6.07, 6.45) is 6.31. The van der Waals surface area contributed by atoms with Gasteiger partial charge in [0.15, 0.2) is 0 Å². The average molecular weight is 235 g/mol. The van der Waals surface area contributed by atoms with E-state index in [0.29, 0.717) is 12.2 Å². The third kappa shape index (κ3) is 2.24. The molecule has 0 bridgehead atoms. The lowest BCUT2D eigenvalue weighted by atomic mass is 10.0. The molecule has 17 heavy (non-hydrogen) atoms. The van der Waals surface area contributed by atoms with Crippen molar-refractivity contribution in [1.82, 2.24) is 14.7 Å². The van der Waals surface area contributed by atoms with E-state index in [0.717, 1.165) is 25.6 Å². The Morgan fingerprint density at radius 1 is 1.47 bits per heavy atom. The molecule has 1 aromatic heterocycles. The number of hydrogen-bond donors (Lipinski definition) is 0. The van der Waals surface area contributed by atoms with Crippen molar-refractivity contribution in [2.75, 3.05) is 13.1 Å². The van der Waals surface area contributed by atoms with E-state index in [2.05, 4.69) is 30.0 Å². The number of hydrogen-bond acceptors (Lipinski definition) is 3. The second-order valence-electron chi connectivity index (χ2n) is 5.38. The topological polar surface area (TPSA) is 30.3 Å². The Morgan fingerprint density at radius 2 is 2.35 bits per heavy atom. The van der Waals surface area contributed by atoms with Crippen LogP contribution in [-0.4, -0.2) is 40.0 Å². The molecule has 2 fully saturated rings. The largest absolute Gasteiger partial charge is 0.374 e. The monoisotopic (exact) mass is 235 g/mol. The van der Waals surface area contributed by atoms with Crippen molar-refractivity contribution in [2.45, 2.75) is 45.6 Å². The fourth-order valence-electron chi connectivity index (χ4n) is 3.14. The zero-order valence-corrected chi connectivity index (χ0v) is 10.7. The summed E-state index contributed by atoms with van der Waals surface area (Å²) in [7, 11) is 0. The number of aromatic nitrogens is 2. The first-order chi connectivity index (χ1) is 8.24. The molecule has 3 heterocycles. The smallest absolute Gasteiger partial charge is 0.0746 e. The number of fused-ring (bicyclic) bond motifs is 1. The van der Waals surface area contributed by atoms with E-state index in [1.807, 2.05) is 10.9 Å². The maximum Gasteiger partial charge on any atom is 0.0746 e. The minimum Gasteiger partial charge on any atom is -0.374 e. The van der Waals surface area contributed by atoms with E-state index in [9.17, 15) is 0 Å². The van der Waals surface area contributed by atoms with Crippen molar-refractivity contribution < 1.29 is 4.74 Å². The molecule has 0 saturated carbocycles. The van der Waals surface area contributed by atoms with Crippen LogP contribution in [0.4, 0.5) is 0 Å². The van der Waals surface area contributed by atoms with Crippen LogP contribution < -0.4 is 0 Å². The van der Waals surface area contributed by atoms with E-state index in [1.165, 1.54) is 18.5 Å². The summed E-state index contributed by atoms with van der Waals surface area (Å²) in [5.74, 6) is 0.756. The van der Waals surface area contributed by atoms with Crippen molar-refractivity contribution in [3.8, 4) is 0 Å². The van der Waals surface area contributed by atoms with Crippen LogP contribution in [0.25, 0.3) is 0 Å². The predicted octanol–water partition coefficient (Wildman–Crippen LogP) is 1.51. The highest BCUT2D eigenvalue weighted by Crippen LogP contribution is 2.33. The summed E-state index contributed by atoms with van der Waals surface area (Å²) in [6.45, 7) is 8.55. The van der Waals surface area contributed by atoms with Crippen molar-refractivity contribution in [1.29, 1.82) is 0 Å². The molecule has 3 atom stereocenters. The van der Waals surface area contributed by atoms with Gasteiger partial charge >= 0.3 is 0 Å². The molecule has 0 radical (unpaired) electrons. The van der Waals surface area contributed by atoms with Crippen molar-refractivity contribution in [2.24, 2.45) is 5.92 Å². The molecule has 1 aromatic rings. The van der Waals surface area contributed by atoms with Crippen molar-refractivity contribution >= 4 is 0 Å². The van der Waals surface area contributed by atoms with Crippen molar-refractivity contribution in [3.63, 3.8) is 0 Å². The first-order valence-electron chi connectivity index (χ1n) is 6.63. The lowest BCUT2D eigenvalue weighted by Gasteiger charge is -2.16. The minimum atomic E-state index is 0.468. The van der Waals surface area contributed by atoms with Gasteiger partial charge in [-0.15, -0.1) is 0 Å². The molecule has 2 aliphatic heterocycles. The van der Waals surface area contributed by atoms with E-state index in [-0.39, 0.29) is 0 Å². The standard InChI is InChI=1S/C13H21N3O/c1-3-16-7-11(5-14-16)6-15-8-12-4-10(2)17-13(12)9-15/h5,7,10,12-13H,3-4,6,8-9H2,1-2H3/t10-,12+,13-/m0/s1. The average Bonchev–Trinajstić information content (AvgIpc) is 2.93. The molecular weight excluding hydrogens is 214 g/mol. The lowest BCUT2D eigenvalue weighted by molar-refractivity contribution is 0.0478. The van der Waals surface area contributed by atoms with Crippen LogP contribution in [0, 0.1) is 5.92 Å². The summed E-state index contributed by atoms with van der Waals surface area (Å²) in [4.78, 5) is 2.50. The van der Waals surface area contributed by atoms with Gasteiger partial charge in [-0.2, -0.15) is 5.10 Å². The Bertz CT molecular complexity index is 376. The SMILES string of the molecule is CCn1cc(CN2C[C@H]3C[C@H](C)O[C@H]3C2)cn1. The molecule has 2 aliphatic rings. The first-order valence-corrected chi connectivity index (χ1v) is 6.63. The van der Waals surface area contributed by atoms with Crippen LogP contribution >= 0.6 is 0 Å². The Balaban J connectivity index is 1.57. The van der Waals surface area contributed by atoms with E-state index >= 15 is 0 Å². The van der Waals surface area contributed by atoms with Gasteiger partial charge in [-0.05, 0) is 20.3 Å². The van der Waals surface area contributed by atoms with Crippen LogP contribution in [0.3, 0.4) is 0 Å². The number of ether oxygens (including phenoxy) is 1. The first kappa shape index (κ1) is 11.2. The van der Waals surface area contributed by atoms with Crippen LogP contribution in [0.5, 0.6) is 0 Å². The summed E-state index contributed by atoms with van der Waals surface area (Å²) < 4.78 is 7.91. The van der Waals surface area contributed by atoms with Gasteiger partial charge in [0.2, 0.25) is 0 Å². The molecule has 0 aromatic carbocycles. The Morgan fingerprint density at radius 3 is 3.06 bits per heavy atom. The second kappa shape index (κ2) is 4.42. The Hall–Kier alpha value is -0.870. The summed E-state index contributed by atoms with van der Waals surface area (Å²) in [6, 6.07) is 0. The summed E-state index contributed by atoms with van der Waals surface area (Å²) in [5.41, 5.74) is 1.32. The highest BCUT2D eigenvalue weighted by Gasteiger charge is 2.40. The number of nitrogens with zero attached hydrogens (tertiary/aromatic N) is 3. The number of likely N-dealkylation sites (tertiary alicyclic amines) is 1. The molecule has 2 saturated heterocycles. The third-order valence-corrected chi connectivity index (χ3v) is 3.92. The van der Waals surface area contributed by atoms with Crippen molar-refractivity contribution in [3.05, 3.63) is 18.0 Å². The zero-order chi connectivity index (χ0) is 11.8. The predicted molar refractivity (Wildman–Crippen MR) is 65.6 cm³/mol. The van der Waals surface area contributed by atoms with Gasteiger partial charge in [0.1, 0.15) is 0 Å². The molecule has 0 spiro atoms. The highest BCUT2D eigenvalue weighted by molar-refractivity contribution is 5.05. The normalized spacial score (nSPS) is 33.2. The maximum absolute atomic E-state index is 5.92. The molecular formula is C13H21N3O. The van der Waals surface area contributed by atoms with Gasteiger partial charge in [0.05, 0.1) is 18.4 Å². The van der Waals surface area contributed by atoms with E-state index in [1.54, 1.807) is 0 Å². The van der Waals surface area contributed by atoms with Crippen LogP contribution in [0.15, 0.2) is 12.4 Å². The zero-order valence-electron chi connectivity index (χ0n) is 10.7.